The van der Waals surface area contributed by atoms with E-state index in [0.29, 0.717) is 23.2 Å². The minimum atomic E-state index is -0.319. The van der Waals surface area contributed by atoms with Crippen LogP contribution in [0.2, 0.25) is 0 Å². The van der Waals surface area contributed by atoms with Crippen molar-refractivity contribution in [3.8, 4) is 0 Å². The predicted molar refractivity (Wildman–Crippen MR) is 91.4 cm³/mol. The third kappa shape index (κ3) is 5.89. The summed E-state index contributed by atoms with van der Waals surface area (Å²) in [6, 6.07) is 1.67. The number of aryl methyl sites for hydroxylation is 1. The maximum Gasteiger partial charge on any atom is 0.238 e. The van der Waals surface area contributed by atoms with Crippen molar-refractivity contribution in [1.82, 2.24) is 10.1 Å². The van der Waals surface area contributed by atoms with Crippen LogP contribution in [0.25, 0.3) is 0 Å². The van der Waals surface area contributed by atoms with Crippen LogP contribution in [-0.4, -0.2) is 46.0 Å². The molecule has 23 heavy (non-hydrogen) atoms. The molecule has 0 aliphatic heterocycles. The summed E-state index contributed by atoms with van der Waals surface area (Å²) in [5.41, 5.74) is 0. The Hall–Kier alpha value is -1.50. The Morgan fingerprint density at radius 3 is 2.83 bits per heavy atom. The van der Waals surface area contributed by atoms with Gasteiger partial charge in [-0.05, 0) is 39.0 Å². The SMILES string of the molecule is CCCN(CC1CC1)C(=O)CSC(C)C(=O)Nc1cc(C)on1. The molecular formula is C16H25N3O3S. The Bertz CT molecular complexity index is 542. The van der Waals surface area contributed by atoms with Crippen LogP contribution in [0, 0.1) is 12.8 Å². The van der Waals surface area contributed by atoms with Crippen molar-refractivity contribution in [2.45, 2.75) is 45.3 Å². The lowest BCUT2D eigenvalue weighted by molar-refractivity contribution is -0.128. The van der Waals surface area contributed by atoms with Crippen molar-refractivity contribution in [2.75, 3.05) is 24.2 Å². The van der Waals surface area contributed by atoms with E-state index < -0.39 is 0 Å². The largest absolute Gasteiger partial charge is 0.360 e. The van der Waals surface area contributed by atoms with Crippen molar-refractivity contribution in [1.29, 1.82) is 0 Å². The number of anilines is 1. The van der Waals surface area contributed by atoms with Crippen molar-refractivity contribution in [3.05, 3.63) is 11.8 Å². The molecule has 1 aromatic heterocycles. The van der Waals surface area contributed by atoms with Crippen LogP contribution in [0.3, 0.4) is 0 Å². The number of hydrogen-bond donors (Lipinski definition) is 1. The average Bonchev–Trinajstić information content (AvgIpc) is 3.25. The van der Waals surface area contributed by atoms with Gasteiger partial charge in [0.15, 0.2) is 5.82 Å². The number of aromatic nitrogens is 1. The molecule has 0 spiro atoms. The van der Waals surface area contributed by atoms with Crippen LogP contribution in [0.5, 0.6) is 0 Å². The van der Waals surface area contributed by atoms with Gasteiger partial charge in [0.2, 0.25) is 11.8 Å². The van der Waals surface area contributed by atoms with E-state index in [2.05, 4.69) is 17.4 Å². The summed E-state index contributed by atoms with van der Waals surface area (Å²) in [5, 5.41) is 6.11. The van der Waals surface area contributed by atoms with Crippen LogP contribution in [0.4, 0.5) is 5.82 Å². The molecule has 2 amide bonds. The summed E-state index contributed by atoms with van der Waals surface area (Å²) in [6.07, 6.45) is 3.43. The summed E-state index contributed by atoms with van der Waals surface area (Å²) in [5.74, 6) is 2.03. The summed E-state index contributed by atoms with van der Waals surface area (Å²) in [7, 11) is 0. The quantitative estimate of drug-likeness (QED) is 0.748. The number of amides is 2. The fourth-order valence-corrected chi connectivity index (χ4v) is 3.00. The van der Waals surface area contributed by atoms with Crippen molar-refractivity contribution in [3.63, 3.8) is 0 Å². The first-order valence-electron chi connectivity index (χ1n) is 8.13. The number of carbonyl (C=O) groups is 2. The molecule has 0 saturated heterocycles. The lowest BCUT2D eigenvalue weighted by Crippen LogP contribution is -2.36. The molecule has 1 aliphatic carbocycles. The average molecular weight is 339 g/mol. The smallest absolute Gasteiger partial charge is 0.238 e. The van der Waals surface area contributed by atoms with Gasteiger partial charge in [-0.15, -0.1) is 11.8 Å². The molecule has 0 radical (unpaired) electrons. The number of hydrogen-bond acceptors (Lipinski definition) is 5. The Labute approximate surface area is 141 Å². The molecule has 1 unspecified atom stereocenters. The number of rotatable bonds is 9. The Balaban J connectivity index is 1.75. The molecule has 7 heteroatoms. The first-order chi connectivity index (χ1) is 11.0. The lowest BCUT2D eigenvalue weighted by atomic mass is 10.3. The molecule has 0 aromatic carbocycles. The fourth-order valence-electron chi connectivity index (χ4n) is 2.22. The second-order valence-corrected chi connectivity index (χ2v) is 7.38. The molecular weight excluding hydrogens is 314 g/mol. The highest BCUT2D eigenvalue weighted by Gasteiger charge is 2.27. The molecule has 2 rings (SSSR count). The van der Waals surface area contributed by atoms with E-state index >= 15 is 0 Å². The maximum absolute atomic E-state index is 12.3. The van der Waals surface area contributed by atoms with Crippen molar-refractivity contribution >= 4 is 29.4 Å². The van der Waals surface area contributed by atoms with Gasteiger partial charge in [-0.1, -0.05) is 12.1 Å². The Kier molecular flexibility index (Phi) is 6.50. The molecule has 1 saturated carbocycles. The van der Waals surface area contributed by atoms with Crippen LogP contribution in [-0.2, 0) is 9.59 Å². The highest BCUT2D eigenvalue weighted by molar-refractivity contribution is 8.01. The van der Waals surface area contributed by atoms with Crippen molar-refractivity contribution in [2.24, 2.45) is 5.92 Å². The van der Waals surface area contributed by atoms with E-state index in [1.54, 1.807) is 19.9 Å². The third-order valence-corrected chi connectivity index (χ3v) is 4.85. The van der Waals surface area contributed by atoms with E-state index in [-0.39, 0.29) is 17.1 Å². The summed E-state index contributed by atoms with van der Waals surface area (Å²) in [6.45, 7) is 7.31. The van der Waals surface area contributed by atoms with E-state index in [1.165, 1.54) is 24.6 Å². The monoisotopic (exact) mass is 339 g/mol. The fraction of sp³-hybridized carbons (Fsp3) is 0.688. The first kappa shape index (κ1) is 17.8. The zero-order valence-corrected chi connectivity index (χ0v) is 14.8. The van der Waals surface area contributed by atoms with Crippen LogP contribution in [0.1, 0.15) is 38.9 Å². The molecule has 1 fully saturated rings. The molecule has 6 nitrogen and oxygen atoms in total. The minimum Gasteiger partial charge on any atom is -0.360 e. The van der Waals surface area contributed by atoms with Crippen molar-refractivity contribution < 1.29 is 14.1 Å². The molecule has 1 heterocycles. The molecule has 128 valence electrons. The first-order valence-corrected chi connectivity index (χ1v) is 9.18. The second kappa shape index (κ2) is 8.38. The van der Waals surface area contributed by atoms with Crippen LogP contribution in [0.15, 0.2) is 10.6 Å². The molecule has 1 aliphatic rings. The van der Waals surface area contributed by atoms with Gasteiger partial charge in [0, 0.05) is 19.2 Å². The molecule has 1 atom stereocenters. The third-order valence-electron chi connectivity index (χ3n) is 3.73. The standard InChI is InChI=1S/C16H25N3O3S/c1-4-7-19(9-13-5-6-13)15(20)10-23-12(3)16(21)17-14-8-11(2)22-18-14/h8,12-13H,4-7,9-10H2,1-3H3,(H,17,18,21). The Morgan fingerprint density at radius 1 is 1.52 bits per heavy atom. The number of nitrogens with zero attached hydrogens (tertiary/aromatic N) is 2. The van der Waals surface area contributed by atoms with Gasteiger partial charge in [0.05, 0.1) is 11.0 Å². The van der Waals surface area contributed by atoms with Crippen LogP contribution >= 0.6 is 11.8 Å². The minimum absolute atomic E-state index is 0.126. The van der Waals surface area contributed by atoms with E-state index in [9.17, 15) is 9.59 Å². The van der Waals surface area contributed by atoms with Gasteiger partial charge in [0.25, 0.3) is 0 Å². The summed E-state index contributed by atoms with van der Waals surface area (Å²) >= 11 is 1.36. The van der Waals surface area contributed by atoms with E-state index in [1.807, 2.05) is 4.90 Å². The second-order valence-electron chi connectivity index (χ2n) is 6.05. The summed E-state index contributed by atoms with van der Waals surface area (Å²) in [4.78, 5) is 26.4. The topological polar surface area (TPSA) is 75.4 Å². The molecule has 0 bridgehead atoms. The highest BCUT2D eigenvalue weighted by Crippen LogP contribution is 2.30. The number of carbonyl (C=O) groups excluding carboxylic acids is 2. The van der Waals surface area contributed by atoms with Gasteiger partial charge < -0.3 is 14.7 Å². The normalized spacial score (nSPS) is 15.3. The van der Waals surface area contributed by atoms with Gasteiger partial charge in [-0.25, -0.2) is 0 Å². The van der Waals surface area contributed by atoms with Gasteiger partial charge in [-0.3, -0.25) is 9.59 Å². The number of nitrogens with one attached hydrogen (secondary N) is 1. The highest BCUT2D eigenvalue weighted by atomic mass is 32.2. The van der Waals surface area contributed by atoms with Gasteiger partial charge in [0.1, 0.15) is 5.76 Å². The van der Waals surface area contributed by atoms with E-state index in [4.69, 9.17) is 4.52 Å². The summed E-state index contributed by atoms with van der Waals surface area (Å²) < 4.78 is 4.91. The van der Waals surface area contributed by atoms with Gasteiger partial charge >= 0.3 is 0 Å². The lowest BCUT2D eigenvalue weighted by Gasteiger charge is -2.22. The van der Waals surface area contributed by atoms with Crippen LogP contribution < -0.4 is 5.32 Å². The Morgan fingerprint density at radius 2 is 2.26 bits per heavy atom. The molecule has 1 N–H and O–H groups in total. The molecule has 1 aromatic rings. The van der Waals surface area contributed by atoms with Gasteiger partial charge in [-0.2, -0.15) is 0 Å². The number of thioether (sulfide) groups is 1. The van der Waals surface area contributed by atoms with E-state index in [0.717, 1.165) is 19.5 Å². The zero-order chi connectivity index (χ0) is 16.8. The predicted octanol–water partition coefficient (Wildman–Crippen LogP) is 2.69. The maximum atomic E-state index is 12.3. The zero-order valence-electron chi connectivity index (χ0n) is 14.0.